The Balaban J connectivity index is 1.56. The lowest BCUT2D eigenvalue weighted by Gasteiger charge is -2.19. The third-order valence-electron chi connectivity index (χ3n) is 4.62. The molecular formula is C21H20ClN5O. The van der Waals surface area contributed by atoms with Crippen molar-refractivity contribution in [2.24, 2.45) is 0 Å². The van der Waals surface area contributed by atoms with Gasteiger partial charge in [-0.15, -0.1) is 0 Å². The standard InChI is InChI=1S/C21H20ClN5O/c1-12-10-25-17-4-2-3-15(23)20(17)21(12)26-11-19(28)27-16-7-8-24-18-9-13(22)5-6-14(16)18/h2-10,19,28H,11,23H2,1H3,(H,24,27)(H,25,26). The van der Waals surface area contributed by atoms with Crippen LogP contribution in [-0.2, 0) is 0 Å². The fourth-order valence-electron chi connectivity index (χ4n) is 3.27. The van der Waals surface area contributed by atoms with Crippen LogP contribution < -0.4 is 16.4 Å². The van der Waals surface area contributed by atoms with Crippen molar-refractivity contribution in [3.63, 3.8) is 0 Å². The molecule has 4 rings (SSSR count). The summed E-state index contributed by atoms with van der Waals surface area (Å²) in [5, 5.41) is 19.3. The van der Waals surface area contributed by atoms with Crippen molar-refractivity contribution in [3.8, 4) is 0 Å². The van der Waals surface area contributed by atoms with E-state index < -0.39 is 6.23 Å². The van der Waals surface area contributed by atoms with E-state index in [9.17, 15) is 5.11 Å². The van der Waals surface area contributed by atoms with Crippen LogP contribution in [0.2, 0.25) is 5.02 Å². The SMILES string of the molecule is Cc1cnc2cccc(N)c2c1NCC(O)Nc1ccnc2cc(Cl)ccc12. The number of nitrogens with two attached hydrogens (primary N) is 1. The van der Waals surface area contributed by atoms with Crippen molar-refractivity contribution in [2.45, 2.75) is 13.2 Å². The number of fused-ring (bicyclic) bond motifs is 2. The number of nitrogens with one attached hydrogen (secondary N) is 2. The zero-order valence-corrected chi connectivity index (χ0v) is 16.0. The molecule has 0 radical (unpaired) electrons. The first kappa shape index (κ1) is 18.3. The van der Waals surface area contributed by atoms with Crippen LogP contribution in [0.25, 0.3) is 21.8 Å². The van der Waals surface area contributed by atoms with E-state index in [4.69, 9.17) is 17.3 Å². The number of nitrogen functional groups attached to an aromatic ring is 1. The number of aromatic nitrogens is 2. The molecule has 1 unspecified atom stereocenters. The number of rotatable bonds is 5. The molecule has 0 saturated carbocycles. The van der Waals surface area contributed by atoms with Gasteiger partial charge in [-0.25, -0.2) is 0 Å². The maximum Gasteiger partial charge on any atom is 0.141 e. The van der Waals surface area contributed by atoms with Crippen LogP contribution in [0, 0.1) is 6.92 Å². The number of aliphatic hydroxyl groups is 1. The van der Waals surface area contributed by atoms with Gasteiger partial charge >= 0.3 is 0 Å². The molecule has 28 heavy (non-hydrogen) atoms. The highest BCUT2D eigenvalue weighted by molar-refractivity contribution is 6.31. The van der Waals surface area contributed by atoms with Crippen molar-refractivity contribution in [3.05, 3.63) is 65.4 Å². The predicted molar refractivity (Wildman–Crippen MR) is 116 cm³/mol. The maximum atomic E-state index is 10.5. The second-order valence-electron chi connectivity index (χ2n) is 6.62. The summed E-state index contributed by atoms with van der Waals surface area (Å²) in [6, 6.07) is 12.9. The Morgan fingerprint density at radius 2 is 2.00 bits per heavy atom. The van der Waals surface area contributed by atoms with E-state index >= 15 is 0 Å². The molecule has 0 saturated heterocycles. The maximum absolute atomic E-state index is 10.5. The molecule has 0 spiro atoms. The van der Waals surface area contributed by atoms with Gasteiger partial charge in [0, 0.05) is 39.6 Å². The summed E-state index contributed by atoms with van der Waals surface area (Å²) in [7, 11) is 0. The number of anilines is 3. The van der Waals surface area contributed by atoms with Gasteiger partial charge in [0.1, 0.15) is 6.23 Å². The Morgan fingerprint density at radius 3 is 2.86 bits per heavy atom. The molecule has 2 heterocycles. The summed E-state index contributed by atoms with van der Waals surface area (Å²) in [6.45, 7) is 2.24. The minimum absolute atomic E-state index is 0.283. The van der Waals surface area contributed by atoms with E-state index in [-0.39, 0.29) is 6.54 Å². The highest BCUT2D eigenvalue weighted by Crippen LogP contribution is 2.30. The first-order valence-corrected chi connectivity index (χ1v) is 9.27. The van der Waals surface area contributed by atoms with Gasteiger partial charge < -0.3 is 21.5 Å². The van der Waals surface area contributed by atoms with Gasteiger partial charge in [0.15, 0.2) is 0 Å². The zero-order valence-electron chi connectivity index (χ0n) is 15.3. The van der Waals surface area contributed by atoms with E-state index in [0.717, 1.165) is 38.7 Å². The summed E-state index contributed by atoms with van der Waals surface area (Å²) in [4.78, 5) is 8.74. The molecule has 0 fully saturated rings. The molecule has 6 nitrogen and oxygen atoms in total. The summed E-state index contributed by atoms with van der Waals surface area (Å²) in [5.41, 5.74) is 11.0. The van der Waals surface area contributed by atoms with Crippen molar-refractivity contribution >= 4 is 50.5 Å². The highest BCUT2D eigenvalue weighted by atomic mass is 35.5. The second-order valence-corrected chi connectivity index (χ2v) is 7.06. The molecule has 1 atom stereocenters. The van der Waals surface area contributed by atoms with E-state index in [2.05, 4.69) is 20.6 Å². The van der Waals surface area contributed by atoms with Crippen molar-refractivity contribution < 1.29 is 5.11 Å². The quantitative estimate of drug-likeness (QED) is 0.300. The van der Waals surface area contributed by atoms with Gasteiger partial charge in [0.2, 0.25) is 0 Å². The Kier molecular flexibility index (Phi) is 4.90. The fraction of sp³-hybridized carbons (Fsp3) is 0.143. The van der Waals surface area contributed by atoms with E-state index in [1.165, 1.54) is 0 Å². The molecule has 0 aliphatic rings. The Bertz CT molecular complexity index is 1160. The van der Waals surface area contributed by atoms with Crippen molar-refractivity contribution in [1.82, 2.24) is 9.97 Å². The molecule has 5 N–H and O–H groups in total. The van der Waals surface area contributed by atoms with E-state index in [1.54, 1.807) is 24.5 Å². The number of halogens is 1. The third-order valence-corrected chi connectivity index (χ3v) is 4.85. The van der Waals surface area contributed by atoms with Crippen LogP contribution in [0.5, 0.6) is 0 Å². The molecule has 0 amide bonds. The molecular weight excluding hydrogens is 374 g/mol. The topological polar surface area (TPSA) is 96.1 Å². The molecule has 0 aliphatic carbocycles. The molecule has 2 aromatic carbocycles. The van der Waals surface area contributed by atoms with Crippen LogP contribution in [0.15, 0.2) is 54.9 Å². The minimum atomic E-state index is -0.825. The monoisotopic (exact) mass is 393 g/mol. The predicted octanol–water partition coefficient (Wildman–Crippen LogP) is 4.17. The smallest absolute Gasteiger partial charge is 0.141 e. The normalized spacial score (nSPS) is 12.2. The number of aryl methyl sites for hydroxylation is 1. The lowest BCUT2D eigenvalue weighted by atomic mass is 10.1. The van der Waals surface area contributed by atoms with E-state index in [1.807, 2.05) is 37.3 Å². The molecule has 7 heteroatoms. The molecule has 0 aliphatic heterocycles. The van der Waals surface area contributed by atoms with Gasteiger partial charge in [0.25, 0.3) is 0 Å². The highest BCUT2D eigenvalue weighted by Gasteiger charge is 2.12. The van der Waals surface area contributed by atoms with Crippen LogP contribution in [0.3, 0.4) is 0 Å². The summed E-state index contributed by atoms with van der Waals surface area (Å²) >= 11 is 6.03. The second kappa shape index (κ2) is 7.50. The van der Waals surface area contributed by atoms with Crippen molar-refractivity contribution in [2.75, 3.05) is 22.9 Å². The molecule has 142 valence electrons. The number of aliphatic hydroxyl groups excluding tert-OH is 1. The van der Waals surface area contributed by atoms with Gasteiger partial charge in [-0.1, -0.05) is 17.7 Å². The van der Waals surface area contributed by atoms with Crippen LogP contribution in [-0.4, -0.2) is 27.8 Å². The number of hydrogen-bond donors (Lipinski definition) is 4. The fourth-order valence-corrected chi connectivity index (χ4v) is 3.44. The number of hydrogen-bond acceptors (Lipinski definition) is 6. The van der Waals surface area contributed by atoms with Gasteiger partial charge in [-0.2, -0.15) is 0 Å². The Labute approximate surface area is 167 Å². The first-order chi connectivity index (χ1) is 13.5. The lowest BCUT2D eigenvalue weighted by Crippen LogP contribution is -2.28. The molecule has 0 bridgehead atoms. The summed E-state index contributed by atoms with van der Waals surface area (Å²) in [6.07, 6.45) is 2.65. The molecule has 4 aromatic rings. The molecule has 2 aromatic heterocycles. The minimum Gasteiger partial charge on any atom is -0.398 e. The summed E-state index contributed by atoms with van der Waals surface area (Å²) in [5.74, 6) is 0. The Morgan fingerprint density at radius 1 is 1.14 bits per heavy atom. The van der Waals surface area contributed by atoms with Crippen LogP contribution >= 0.6 is 11.6 Å². The largest absolute Gasteiger partial charge is 0.398 e. The average Bonchev–Trinajstić information content (AvgIpc) is 2.67. The van der Waals surface area contributed by atoms with Gasteiger partial charge in [0.05, 0.1) is 23.3 Å². The Hall–Kier alpha value is -3.09. The van der Waals surface area contributed by atoms with Gasteiger partial charge in [-0.05, 0) is 48.9 Å². The van der Waals surface area contributed by atoms with Gasteiger partial charge in [-0.3, -0.25) is 9.97 Å². The first-order valence-electron chi connectivity index (χ1n) is 8.89. The van der Waals surface area contributed by atoms with Crippen LogP contribution in [0.1, 0.15) is 5.56 Å². The average molecular weight is 394 g/mol. The van der Waals surface area contributed by atoms with Crippen molar-refractivity contribution in [1.29, 1.82) is 0 Å². The lowest BCUT2D eigenvalue weighted by molar-refractivity contribution is 0.217. The van der Waals surface area contributed by atoms with Crippen LogP contribution in [0.4, 0.5) is 17.1 Å². The zero-order chi connectivity index (χ0) is 19.7. The third kappa shape index (κ3) is 3.52. The van der Waals surface area contributed by atoms with E-state index in [0.29, 0.717) is 10.7 Å². The summed E-state index contributed by atoms with van der Waals surface area (Å²) < 4.78 is 0. The number of nitrogens with zero attached hydrogens (tertiary/aromatic N) is 2. The number of benzene rings is 2. The number of pyridine rings is 2.